The van der Waals surface area contributed by atoms with Crippen LogP contribution in [-0.4, -0.2) is 19.4 Å². The van der Waals surface area contributed by atoms with Crippen LogP contribution in [0.15, 0.2) is 23.8 Å². The number of aldehydes is 1. The summed E-state index contributed by atoms with van der Waals surface area (Å²) in [6.45, 7) is 6.15. The highest BCUT2D eigenvalue weighted by Gasteiger charge is 2.44. The summed E-state index contributed by atoms with van der Waals surface area (Å²) >= 11 is 0. The first-order valence-electron chi connectivity index (χ1n) is 6.94. The standard InChI is InChI=1S/C16H22O3/c1-11(15(18)19-3)12-6-8-16(2)7-4-5-13(10-17)14(16)9-12/h5,10,12,14H,1,4,6-9H2,2-3H3. The van der Waals surface area contributed by atoms with E-state index in [1.54, 1.807) is 0 Å². The molecule has 3 heteroatoms. The minimum atomic E-state index is -0.318. The summed E-state index contributed by atoms with van der Waals surface area (Å²) in [4.78, 5) is 22.8. The number of carbonyl (C=O) groups is 2. The predicted molar refractivity (Wildman–Crippen MR) is 73.5 cm³/mol. The van der Waals surface area contributed by atoms with Gasteiger partial charge in [0.25, 0.3) is 0 Å². The zero-order valence-corrected chi connectivity index (χ0v) is 11.8. The predicted octanol–water partition coefficient (Wildman–Crippen LogP) is 3.06. The smallest absolute Gasteiger partial charge is 0.333 e. The Bertz CT molecular complexity index is 435. The number of hydrogen-bond acceptors (Lipinski definition) is 3. The van der Waals surface area contributed by atoms with Crippen LogP contribution < -0.4 is 0 Å². The van der Waals surface area contributed by atoms with Gasteiger partial charge in [-0.05, 0) is 54.9 Å². The molecule has 0 saturated heterocycles. The number of carbonyl (C=O) groups excluding carboxylic acids is 2. The van der Waals surface area contributed by atoms with Crippen molar-refractivity contribution in [2.45, 2.75) is 39.0 Å². The van der Waals surface area contributed by atoms with Gasteiger partial charge in [-0.2, -0.15) is 0 Å². The van der Waals surface area contributed by atoms with Crippen molar-refractivity contribution < 1.29 is 14.3 Å². The van der Waals surface area contributed by atoms with Gasteiger partial charge < -0.3 is 4.74 Å². The van der Waals surface area contributed by atoms with E-state index >= 15 is 0 Å². The largest absolute Gasteiger partial charge is 0.466 e. The molecule has 2 aliphatic rings. The number of esters is 1. The first-order valence-corrected chi connectivity index (χ1v) is 6.94. The third kappa shape index (κ3) is 2.51. The number of ether oxygens (including phenoxy) is 1. The van der Waals surface area contributed by atoms with Gasteiger partial charge in [-0.1, -0.05) is 19.6 Å². The van der Waals surface area contributed by atoms with Crippen LogP contribution >= 0.6 is 0 Å². The Labute approximate surface area is 114 Å². The van der Waals surface area contributed by atoms with Crippen LogP contribution in [0, 0.1) is 17.3 Å². The van der Waals surface area contributed by atoms with Crippen LogP contribution in [0.4, 0.5) is 0 Å². The van der Waals surface area contributed by atoms with Gasteiger partial charge in [-0.25, -0.2) is 4.79 Å². The summed E-state index contributed by atoms with van der Waals surface area (Å²) in [6, 6.07) is 0. The lowest BCUT2D eigenvalue weighted by Crippen LogP contribution is -2.38. The van der Waals surface area contributed by atoms with Crippen molar-refractivity contribution in [3.8, 4) is 0 Å². The molecular weight excluding hydrogens is 240 g/mol. The third-order valence-electron chi connectivity index (χ3n) is 5.00. The second-order valence-electron chi connectivity index (χ2n) is 6.06. The van der Waals surface area contributed by atoms with Crippen LogP contribution in [0.25, 0.3) is 0 Å². The molecule has 3 nitrogen and oxygen atoms in total. The molecule has 0 spiro atoms. The van der Waals surface area contributed by atoms with E-state index in [4.69, 9.17) is 4.74 Å². The molecule has 0 radical (unpaired) electrons. The first kappa shape index (κ1) is 14.0. The quantitative estimate of drug-likeness (QED) is 0.446. The highest BCUT2D eigenvalue weighted by Crippen LogP contribution is 2.52. The minimum absolute atomic E-state index is 0.145. The average Bonchev–Trinajstić information content (AvgIpc) is 2.43. The van der Waals surface area contributed by atoms with Crippen LogP contribution in [0.5, 0.6) is 0 Å². The molecule has 0 aromatic heterocycles. The zero-order chi connectivity index (χ0) is 14.0. The van der Waals surface area contributed by atoms with Crippen molar-refractivity contribution in [3.05, 3.63) is 23.8 Å². The van der Waals surface area contributed by atoms with Crippen LogP contribution in [0.2, 0.25) is 0 Å². The normalized spacial score (nSPS) is 33.9. The maximum absolute atomic E-state index is 11.6. The fraction of sp³-hybridized carbons (Fsp3) is 0.625. The maximum atomic E-state index is 11.6. The van der Waals surface area contributed by atoms with Crippen molar-refractivity contribution in [1.82, 2.24) is 0 Å². The number of rotatable bonds is 3. The van der Waals surface area contributed by atoms with Crippen molar-refractivity contribution in [3.63, 3.8) is 0 Å². The van der Waals surface area contributed by atoms with Crippen molar-refractivity contribution in [2.24, 2.45) is 17.3 Å². The topological polar surface area (TPSA) is 43.4 Å². The summed E-state index contributed by atoms with van der Waals surface area (Å²) in [5, 5.41) is 0. The Hall–Kier alpha value is -1.38. The van der Waals surface area contributed by atoms with Crippen molar-refractivity contribution >= 4 is 12.3 Å². The fourth-order valence-electron chi connectivity index (χ4n) is 3.66. The van der Waals surface area contributed by atoms with E-state index in [0.717, 1.165) is 44.0 Å². The molecule has 1 saturated carbocycles. The fourth-order valence-corrected chi connectivity index (χ4v) is 3.66. The lowest BCUT2D eigenvalue weighted by Gasteiger charge is -2.47. The molecule has 3 atom stereocenters. The molecule has 19 heavy (non-hydrogen) atoms. The van der Waals surface area contributed by atoms with E-state index in [2.05, 4.69) is 19.6 Å². The maximum Gasteiger partial charge on any atom is 0.333 e. The molecule has 0 N–H and O–H groups in total. The highest BCUT2D eigenvalue weighted by molar-refractivity contribution is 5.88. The summed E-state index contributed by atoms with van der Waals surface area (Å²) in [5.41, 5.74) is 1.68. The van der Waals surface area contributed by atoms with Gasteiger partial charge in [0.15, 0.2) is 0 Å². The molecule has 0 heterocycles. The Balaban J connectivity index is 2.18. The van der Waals surface area contributed by atoms with Crippen molar-refractivity contribution in [2.75, 3.05) is 7.11 Å². The number of hydrogen-bond donors (Lipinski definition) is 0. The minimum Gasteiger partial charge on any atom is -0.466 e. The van der Waals surface area contributed by atoms with Gasteiger partial charge in [-0.3, -0.25) is 4.79 Å². The monoisotopic (exact) mass is 262 g/mol. The van der Waals surface area contributed by atoms with E-state index in [0.29, 0.717) is 5.57 Å². The molecule has 0 amide bonds. The molecule has 2 aliphatic carbocycles. The third-order valence-corrected chi connectivity index (χ3v) is 5.00. The van der Waals surface area contributed by atoms with E-state index in [-0.39, 0.29) is 23.2 Å². The van der Waals surface area contributed by atoms with Gasteiger partial charge in [0.2, 0.25) is 0 Å². The van der Waals surface area contributed by atoms with Gasteiger partial charge in [0, 0.05) is 5.57 Å². The highest BCUT2D eigenvalue weighted by atomic mass is 16.5. The Morgan fingerprint density at radius 1 is 1.53 bits per heavy atom. The molecule has 1 fully saturated rings. The molecule has 2 rings (SSSR count). The Morgan fingerprint density at radius 2 is 2.26 bits per heavy atom. The first-order chi connectivity index (χ1) is 9.01. The molecular formula is C16H22O3. The molecule has 104 valence electrons. The molecule has 0 aromatic rings. The summed E-state index contributed by atoms with van der Waals surface area (Å²) in [6.07, 6.45) is 8.02. The second-order valence-corrected chi connectivity index (χ2v) is 6.06. The molecule has 3 unspecified atom stereocenters. The van der Waals surface area contributed by atoms with E-state index in [9.17, 15) is 9.59 Å². The molecule has 0 aromatic carbocycles. The van der Waals surface area contributed by atoms with E-state index in [1.807, 2.05) is 0 Å². The lowest BCUT2D eigenvalue weighted by molar-refractivity contribution is -0.137. The van der Waals surface area contributed by atoms with E-state index < -0.39 is 0 Å². The van der Waals surface area contributed by atoms with Crippen LogP contribution in [0.1, 0.15) is 39.0 Å². The van der Waals surface area contributed by atoms with Gasteiger partial charge in [0.05, 0.1) is 7.11 Å². The summed E-state index contributed by atoms with van der Waals surface area (Å²) in [5.74, 6) is 0.0897. The molecule has 0 bridgehead atoms. The van der Waals surface area contributed by atoms with Gasteiger partial charge >= 0.3 is 5.97 Å². The van der Waals surface area contributed by atoms with Crippen LogP contribution in [0.3, 0.4) is 0 Å². The van der Waals surface area contributed by atoms with Crippen LogP contribution in [-0.2, 0) is 14.3 Å². The number of allylic oxidation sites excluding steroid dienone is 2. The lowest BCUT2D eigenvalue weighted by atomic mass is 9.57. The second kappa shape index (κ2) is 5.32. The zero-order valence-electron chi connectivity index (χ0n) is 11.8. The molecule has 0 aliphatic heterocycles. The van der Waals surface area contributed by atoms with Gasteiger partial charge in [0.1, 0.15) is 6.29 Å². The average molecular weight is 262 g/mol. The number of methoxy groups -OCH3 is 1. The van der Waals surface area contributed by atoms with Gasteiger partial charge in [-0.15, -0.1) is 0 Å². The van der Waals surface area contributed by atoms with E-state index in [1.165, 1.54) is 7.11 Å². The SMILES string of the molecule is C=C(C(=O)OC)C1CCC2(C)CCC=C(C=O)C2C1. The van der Waals surface area contributed by atoms with Crippen molar-refractivity contribution in [1.29, 1.82) is 0 Å². The summed E-state index contributed by atoms with van der Waals surface area (Å²) in [7, 11) is 1.39. The Kier molecular flexibility index (Phi) is 3.93. The Morgan fingerprint density at radius 3 is 2.89 bits per heavy atom. The summed E-state index contributed by atoms with van der Waals surface area (Å²) < 4.78 is 4.76. The number of fused-ring (bicyclic) bond motifs is 1.